The predicted molar refractivity (Wildman–Crippen MR) is 99.2 cm³/mol. The summed E-state index contributed by atoms with van der Waals surface area (Å²) in [5, 5.41) is 2.68. The quantitative estimate of drug-likeness (QED) is 0.609. The number of carbonyl (C=O) groups is 2. The number of esters is 1. The fourth-order valence-electron chi connectivity index (χ4n) is 2.15. The van der Waals surface area contributed by atoms with E-state index in [-0.39, 0.29) is 0 Å². The predicted octanol–water partition coefficient (Wildman–Crippen LogP) is 3.29. The third-order valence-electron chi connectivity index (χ3n) is 3.54. The Kier molecular flexibility index (Phi) is 6.79. The highest BCUT2D eigenvalue weighted by Crippen LogP contribution is 2.25. The highest BCUT2D eigenvalue weighted by atomic mass is 16.5. The van der Waals surface area contributed by atoms with Crippen molar-refractivity contribution >= 4 is 23.6 Å². The van der Waals surface area contributed by atoms with E-state index in [1.54, 1.807) is 55.7 Å². The molecule has 1 amide bonds. The second-order valence-electron chi connectivity index (χ2n) is 5.38. The number of nitrogens with one attached hydrogen (secondary N) is 1. The lowest BCUT2D eigenvalue weighted by molar-refractivity contribution is -0.148. The van der Waals surface area contributed by atoms with Crippen LogP contribution in [0.3, 0.4) is 0 Å². The third-order valence-corrected chi connectivity index (χ3v) is 3.54. The van der Waals surface area contributed by atoms with E-state index < -0.39 is 18.0 Å². The molecule has 0 heterocycles. The van der Waals surface area contributed by atoms with Crippen molar-refractivity contribution in [1.29, 1.82) is 0 Å². The summed E-state index contributed by atoms with van der Waals surface area (Å²) in [6, 6.07) is 14.2. The van der Waals surface area contributed by atoms with Crippen LogP contribution in [0.1, 0.15) is 12.5 Å². The number of methoxy groups -OCH3 is 2. The van der Waals surface area contributed by atoms with Gasteiger partial charge in [-0.05, 0) is 37.3 Å². The van der Waals surface area contributed by atoms with Gasteiger partial charge in [-0.3, -0.25) is 4.79 Å². The molecule has 0 aliphatic rings. The second-order valence-corrected chi connectivity index (χ2v) is 5.38. The molecule has 2 aromatic rings. The topological polar surface area (TPSA) is 73.9 Å². The van der Waals surface area contributed by atoms with Gasteiger partial charge >= 0.3 is 5.97 Å². The number of ether oxygens (including phenoxy) is 3. The molecule has 2 rings (SSSR count). The van der Waals surface area contributed by atoms with Crippen LogP contribution >= 0.6 is 0 Å². The fraction of sp³-hybridized carbons (Fsp3) is 0.200. The Morgan fingerprint density at radius 2 is 1.77 bits per heavy atom. The Labute approximate surface area is 152 Å². The number of anilines is 1. The Morgan fingerprint density at radius 3 is 2.42 bits per heavy atom. The third kappa shape index (κ3) is 5.37. The number of benzene rings is 2. The Hall–Kier alpha value is -3.28. The molecule has 0 spiro atoms. The van der Waals surface area contributed by atoms with E-state index in [0.29, 0.717) is 22.7 Å². The monoisotopic (exact) mass is 355 g/mol. The van der Waals surface area contributed by atoms with Crippen molar-refractivity contribution in [2.45, 2.75) is 13.0 Å². The summed E-state index contributed by atoms with van der Waals surface area (Å²) in [6.07, 6.45) is 1.88. The number of rotatable bonds is 7. The number of hydrogen-bond donors (Lipinski definition) is 1. The number of hydrogen-bond acceptors (Lipinski definition) is 5. The second kappa shape index (κ2) is 9.27. The fourth-order valence-corrected chi connectivity index (χ4v) is 2.15. The van der Waals surface area contributed by atoms with Gasteiger partial charge in [-0.1, -0.05) is 18.2 Å². The molecule has 1 atom stereocenters. The summed E-state index contributed by atoms with van der Waals surface area (Å²) in [6.45, 7) is 1.51. The molecule has 0 unspecified atom stereocenters. The SMILES string of the molecule is COc1ccc(/C=C/C(=O)O[C@@H](C)C(=O)Nc2ccccc2)c(OC)c1. The van der Waals surface area contributed by atoms with Gasteiger partial charge in [0.2, 0.25) is 0 Å². The minimum atomic E-state index is -0.926. The average molecular weight is 355 g/mol. The van der Waals surface area contributed by atoms with Gasteiger partial charge in [0, 0.05) is 23.4 Å². The molecule has 0 bridgehead atoms. The van der Waals surface area contributed by atoms with Crippen molar-refractivity contribution in [2.24, 2.45) is 0 Å². The van der Waals surface area contributed by atoms with Crippen LogP contribution in [0.5, 0.6) is 11.5 Å². The van der Waals surface area contributed by atoms with E-state index >= 15 is 0 Å². The maximum Gasteiger partial charge on any atom is 0.331 e. The molecule has 6 nitrogen and oxygen atoms in total. The first-order chi connectivity index (χ1) is 12.5. The molecular weight excluding hydrogens is 334 g/mol. The van der Waals surface area contributed by atoms with Gasteiger partial charge in [-0.2, -0.15) is 0 Å². The molecule has 136 valence electrons. The lowest BCUT2D eigenvalue weighted by Crippen LogP contribution is -2.29. The van der Waals surface area contributed by atoms with Gasteiger partial charge in [-0.15, -0.1) is 0 Å². The van der Waals surface area contributed by atoms with E-state index in [1.165, 1.54) is 20.1 Å². The molecule has 0 saturated carbocycles. The van der Waals surface area contributed by atoms with Gasteiger partial charge in [0.25, 0.3) is 5.91 Å². The summed E-state index contributed by atoms with van der Waals surface area (Å²) >= 11 is 0. The van der Waals surface area contributed by atoms with Crippen LogP contribution in [0.2, 0.25) is 0 Å². The van der Waals surface area contributed by atoms with Crippen molar-refractivity contribution in [2.75, 3.05) is 19.5 Å². The van der Waals surface area contributed by atoms with Crippen LogP contribution in [-0.2, 0) is 14.3 Å². The van der Waals surface area contributed by atoms with Crippen molar-refractivity contribution in [1.82, 2.24) is 0 Å². The molecule has 6 heteroatoms. The average Bonchev–Trinajstić information content (AvgIpc) is 2.66. The summed E-state index contributed by atoms with van der Waals surface area (Å²) in [5.41, 5.74) is 1.32. The molecule has 0 radical (unpaired) electrons. The summed E-state index contributed by atoms with van der Waals surface area (Å²) in [4.78, 5) is 24.0. The van der Waals surface area contributed by atoms with Crippen LogP contribution in [0.25, 0.3) is 6.08 Å². The first kappa shape index (κ1) is 19.1. The van der Waals surface area contributed by atoms with Crippen molar-refractivity contribution in [3.8, 4) is 11.5 Å². The maximum absolute atomic E-state index is 12.0. The van der Waals surface area contributed by atoms with Crippen molar-refractivity contribution in [3.05, 3.63) is 60.2 Å². The zero-order valence-corrected chi connectivity index (χ0v) is 14.9. The molecule has 2 aromatic carbocycles. The van der Waals surface area contributed by atoms with Gasteiger partial charge in [0.05, 0.1) is 14.2 Å². The van der Waals surface area contributed by atoms with Gasteiger partial charge in [0.1, 0.15) is 11.5 Å². The summed E-state index contributed by atoms with van der Waals surface area (Å²) in [5.74, 6) is 0.176. The highest BCUT2D eigenvalue weighted by Gasteiger charge is 2.16. The number of para-hydroxylation sites is 1. The standard InChI is InChI=1S/C20H21NO5/c1-14(20(23)21-16-7-5-4-6-8-16)26-19(22)12-10-15-9-11-17(24-2)13-18(15)25-3/h4-14H,1-3H3,(H,21,23)/b12-10+/t14-/m0/s1. The Morgan fingerprint density at radius 1 is 1.04 bits per heavy atom. The van der Waals surface area contributed by atoms with E-state index in [2.05, 4.69) is 5.32 Å². The Bertz CT molecular complexity index is 786. The van der Waals surface area contributed by atoms with Crippen LogP contribution in [0.4, 0.5) is 5.69 Å². The number of amides is 1. The van der Waals surface area contributed by atoms with Crippen LogP contribution < -0.4 is 14.8 Å². The van der Waals surface area contributed by atoms with E-state index in [0.717, 1.165) is 0 Å². The van der Waals surface area contributed by atoms with Crippen molar-refractivity contribution in [3.63, 3.8) is 0 Å². The minimum Gasteiger partial charge on any atom is -0.497 e. The zero-order chi connectivity index (χ0) is 18.9. The normalized spacial score (nSPS) is 11.7. The zero-order valence-electron chi connectivity index (χ0n) is 14.9. The molecule has 1 N–H and O–H groups in total. The highest BCUT2D eigenvalue weighted by molar-refractivity contribution is 5.96. The van der Waals surface area contributed by atoms with Crippen LogP contribution in [0, 0.1) is 0 Å². The van der Waals surface area contributed by atoms with Gasteiger partial charge in [-0.25, -0.2) is 4.79 Å². The lowest BCUT2D eigenvalue weighted by atomic mass is 10.1. The molecule has 0 saturated heterocycles. The van der Waals surface area contributed by atoms with E-state index in [9.17, 15) is 9.59 Å². The molecular formula is C20H21NO5. The lowest BCUT2D eigenvalue weighted by Gasteiger charge is -2.12. The smallest absolute Gasteiger partial charge is 0.331 e. The maximum atomic E-state index is 12.0. The van der Waals surface area contributed by atoms with Gasteiger partial charge in [0.15, 0.2) is 6.10 Å². The van der Waals surface area contributed by atoms with Crippen molar-refractivity contribution < 1.29 is 23.8 Å². The molecule has 26 heavy (non-hydrogen) atoms. The van der Waals surface area contributed by atoms with Crippen LogP contribution in [-0.4, -0.2) is 32.2 Å². The molecule has 0 aliphatic heterocycles. The Balaban J connectivity index is 1.95. The summed E-state index contributed by atoms with van der Waals surface area (Å²) < 4.78 is 15.5. The summed E-state index contributed by atoms with van der Waals surface area (Å²) in [7, 11) is 3.09. The van der Waals surface area contributed by atoms with E-state index in [4.69, 9.17) is 14.2 Å². The first-order valence-electron chi connectivity index (χ1n) is 8.00. The molecule has 0 fully saturated rings. The van der Waals surface area contributed by atoms with Crippen LogP contribution in [0.15, 0.2) is 54.6 Å². The number of carbonyl (C=O) groups excluding carboxylic acids is 2. The van der Waals surface area contributed by atoms with E-state index in [1.807, 2.05) is 6.07 Å². The minimum absolute atomic E-state index is 0.403. The largest absolute Gasteiger partial charge is 0.497 e. The van der Waals surface area contributed by atoms with Gasteiger partial charge < -0.3 is 19.5 Å². The molecule has 0 aliphatic carbocycles. The first-order valence-corrected chi connectivity index (χ1v) is 8.00. The molecule has 0 aromatic heterocycles.